The third-order valence-corrected chi connectivity index (χ3v) is 21.5. The third kappa shape index (κ3) is 9.86. The van der Waals surface area contributed by atoms with Gasteiger partial charge < -0.3 is 0 Å². The fourth-order valence-electron chi connectivity index (χ4n) is 5.64. The molecule has 0 aromatic rings. The Balaban J connectivity index is 7.13. The predicted octanol–water partition coefficient (Wildman–Crippen LogP) is 10.6. The average molecular weight is 495 g/mol. The Morgan fingerprint density at radius 2 is 0.758 bits per heavy atom. The summed E-state index contributed by atoms with van der Waals surface area (Å²) in [6.07, 6.45) is 25.1. The van der Waals surface area contributed by atoms with E-state index in [9.17, 15) is 0 Å². The van der Waals surface area contributed by atoms with E-state index in [1.807, 2.05) is 6.92 Å². The molecule has 0 heterocycles. The summed E-state index contributed by atoms with van der Waals surface area (Å²) in [5.41, 5.74) is 0. The lowest BCUT2D eigenvalue weighted by Crippen LogP contribution is -2.39. The maximum atomic E-state index is 4.11. The van der Waals surface area contributed by atoms with Crippen molar-refractivity contribution in [2.24, 2.45) is 0 Å². The molecule has 0 aromatic carbocycles. The minimum Gasteiger partial charge on any atom is -0.0925 e. The lowest BCUT2D eigenvalue weighted by Gasteiger charge is -2.47. The van der Waals surface area contributed by atoms with Crippen LogP contribution in [0.2, 0.25) is 0 Å². The van der Waals surface area contributed by atoms with E-state index in [2.05, 4.69) is 72.1 Å². The summed E-state index contributed by atoms with van der Waals surface area (Å²) in [6, 6.07) is 0. The second kappa shape index (κ2) is 19.2. The van der Waals surface area contributed by atoms with E-state index in [0.717, 1.165) is 0 Å². The Hall–Kier alpha value is -0.0200. The van der Waals surface area contributed by atoms with E-state index in [-0.39, 0.29) is 4.90 Å². The Kier molecular flexibility index (Phi) is 19.2. The Bertz CT molecular complexity index is 522. The van der Waals surface area contributed by atoms with E-state index in [1.54, 1.807) is 0 Å². The van der Waals surface area contributed by atoms with Crippen molar-refractivity contribution in [3.8, 4) is 23.7 Å². The molecular weight excluding hydrogens is 434 g/mol. The summed E-state index contributed by atoms with van der Waals surface area (Å²) in [5, 5.41) is 0. The third-order valence-electron chi connectivity index (χ3n) is 7.97. The first-order valence-electron chi connectivity index (χ1n) is 14.6. The lowest BCUT2D eigenvalue weighted by atomic mass is 10.4. The minimum absolute atomic E-state index is 0.239. The highest BCUT2D eigenvalue weighted by Crippen LogP contribution is 2.87. The van der Waals surface area contributed by atoms with Crippen molar-refractivity contribution < 1.29 is 0 Å². The molecule has 0 rings (SSSR count). The maximum absolute atomic E-state index is 4.11. The first kappa shape index (κ1) is 33.0. The molecule has 0 unspecified atom stereocenters. The van der Waals surface area contributed by atoms with Crippen LogP contribution in [0.4, 0.5) is 0 Å². The standard InChI is InChI=1S/C31H60P2/c1-9-16-23-24-31(8,32(25-17-10-2,26-18-11-3)27-19-12-4)33(28-20-13-5,29-21-14-6)30-22-15-7/h10-15,17-22,25-30H2,1-8H3/q+2. The Morgan fingerprint density at radius 1 is 0.485 bits per heavy atom. The van der Waals surface area contributed by atoms with Gasteiger partial charge in [0.2, 0.25) is 4.90 Å². The molecule has 0 nitrogen and oxygen atoms in total. The molecule has 2 heteroatoms. The van der Waals surface area contributed by atoms with Gasteiger partial charge in [-0.15, -0.1) is 0 Å². The molecule has 0 saturated heterocycles. The summed E-state index contributed by atoms with van der Waals surface area (Å²) < 4.78 is 0. The molecule has 0 aliphatic heterocycles. The highest BCUT2D eigenvalue weighted by atomic mass is 31.2. The molecule has 0 aliphatic carbocycles. The van der Waals surface area contributed by atoms with Crippen LogP contribution in [0.15, 0.2) is 0 Å². The molecule has 0 bridgehead atoms. The van der Waals surface area contributed by atoms with Crippen LogP contribution < -0.4 is 0 Å². The van der Waals surface area contributed by atoms with E-state index in [1.165, 1.54) is 114 Å². The smallest absolute Gasteiger partial charge is 0.0925 e. The molecule has 0 aromatic heterocycles. The fraction of sp³-hybridized carbons (Fsp3) is 0.871. The van der Waals surface area contributed by atoms with Crippen molar-refractivity contribution in [1.82, 2.24) is 0 Å². The van der Waals surface area contributed by atoms with Gasteiger partial charge in [-0.25, -0.2) is 0 Å². The molecule has 0 N–H and O–H groups in total. The van der Waals surface area contributed by atoms with Crippen LogP contribution in [0.25, 0.3) is 0 Å². The van der Waals surface area contributed by atoms with Crippen LogP contribution in [0, 0.1) is 23.7 Å². The first-order valence-corrected chi connectivity index (χ1v) is 19.3. The van der Waals surface area contributed by atoms with Crippen LogP contribution in [0.3, 0.4) is 0 Å². The highest BCUT2D eigenvalue weighted by Gasteiger charge is 2.68. The van der Waals surface area contributed by atoms with Crippen molar-refractivity contribution in [3.05, 3.63) is 0 Å². The summed E-state index contributed by atoms with van der Waals surface area (Å²) >= 11 is 0. The van der Waals surface area contributed by atoms with Gasteiger partial charge in [0.05, 0.1) is 51.5 Å². The molecule has 0 radical (unpaired) electrons. The van der Waals surface area contributed by atoms with Gasteiger partial charge in [0.25, 0.3) is 0 Å². The van der Waals surface area contributed by atoms with Crippen LogP contribution in [-0.2, 0) is 0 Å². The van der Waals surface area contributed by atoms with Crippen molar-refractivity contribution in [3.63, 3.8) is 0 Å². The lowest BCUT2D eigenvalue weighted by molar-refractivity contribution is 0.798. The molecular formula is C31H60P2+2. The van der Waals surface area contributed by atoms with Crippen molar-refractivity contribution in [2.75, 3.05) is 37.0 Å². The molecule has 33 heavy (non-hydrogen) atoms. The molecule has 0 spiro atoms. The second-order valence-electron chi connectivity index (χ2n) is 10.4. The van der Waals surface area contributed by atoms with Crippen LogP contribution in [-0.4, -0.2) is 41.9 Å². The average Bonchev–Trinajstić information content (AvgIpc) is 2.83. The van der Waals surface area contributed by atoms with Gasteiger partial charge in [0, 0.05) is 6.92 Å². The second-order valence-corrected chi connectivity index (χ2v) is 19.8. The summed E-state index contributed by atoms with van der Waals surface area (Å²) in [6.45, 7) is 19.1. The number of rotatable bonds is 20. The van der Waals surface area contributed by atoms with Gasteiger partial charge in [-0.3, -0.25) is 0 Å². The van der Waals surface area contributed by atoms with Crippen molar-refractivity contribution in [1.29, 1.82) is 0 Å². The SMILES string of the molecule is CC#CC#CC(C)([P+](CCCC)(CCCC)CCCC)[P+](CCCC)(CCCC)CCCC. The van der Waals surface area contributed by atoms with Crippen LogP contribution in [0.5, 0.6) is 0 Å². The maximum Gasteiger partial charge on any atom is 0.233 e. The largest absolute Gasteiger partial charge is 0.233 e. The quantitative estimate of drug-likeness (QED) is 0.117. The van der Waals surface area contributed by atoms with Gasteiger partial charge in [-0.05, 0) is 63.2 Å². The van der Waals surface area contributed by atoms with Crippen LogP contribution in [0.1, 0.15) is 132 Å². The van der Waals surface area contributed by atoms with E-state index in [4.69, 9.17) is 0 Å². The number of hydrogen-bond acceptors (Lipinski definition) is 0. The fourth-order valence-corrected chi connectivity index (χ4v) is 21.1. The highest BCUT2D eigenvalue weighted by molar-refractivity contribution is 7.94. The Morgan fingerprint density at radius 3 is 0.970 bits per heavy atom. The topological polar surface area (TPSA) is 0 Å². The monoisotopic (exact) mass is 494 g/mol. The minimum atomic E-state index is -1.24. The molecule has 0 saturated carbocycles. The zero-order valence-corrected chi connectivity index (χ0v) is 25.9. The zero-order chi connectivity index (χ0) is 25.1. The molecule has 0 amide bonds. The molecule has 0 atom stereocenters. The van der Waals surface area contributed by atoms with Gasteiger partial charge in [-0.2, -0.15) is 0 Å². The first-order chi connectivity index (χ1) is 15.9. The molecule has 0 aliphatic rings. The van der Waals surface area contributed by atoms with Gasteiger partial charge in [0.1, 0.15) is 0 Å². The number of hydrogen-bond donors (Lipinski definition) is 0. The number of unbranched alkanes of at least 4 members (excludes halogenated alkanes) is 6. The van der Waals surface area contributed by atoms with Crippen LogP contribution >= 0.6 is 14.5 Å². The molecule has 192 valence electrons. The van der Waals surface area contributed by atoms with Crippen molar-refractivity contribution in [2.45, 2.75) is 137 Å². The predicted molar refractivity (Wildman–Crippen MR) is 162 cm³/mol. The summed E-state index contributed by atoms with van der Waals surface area (Å²) in [5.74, 6) is 13.9. The van der Waals surface area contributed by atoms with E-state index in [0.29, 0.717) is 0 Å². The summed E-state index contributed by atoms with van der Waals surface area (Å²) in [4.78, 5) is 0.239. The Labute approximate surface area is 212 Å². The normalized spacial score (nSPS) is 12.1. The van der Waals surface area contributed by atoms with E-state index < -0.39 is 14.5 Å². The summed E-state index contributed by atoms with van der Waals surface area (Å²) in [7, 11) is -2.48. The van der Waals surface area contributed by atoms with Gasteiger partial charge in [-0.1, -0.05) is 86.0 Å². The van der Waals surface area contributed by atoms with Gasteiger partial charge in [0.15, 0.2) is 0 Å². The zero-order valence-electron chi connectivity index (χ0n) is 24.1. The van der Waals surface area contributed by atoms with Crippen molar-refractivity contribution >= 4 is 14.5 Å². The van der Waals surface area contributed by atoms with Gasteiger partial charge >= 0.3 is 0 Å². The van der Waals surface area contributed by atoms with E-state index >= 15 is 0 Å². The molecule has 0 fully saturated rings.